The quantitative estimate of drug-likeness (QED) is 0.603. The van der Waals surface area contributed by atoms with Gasteiger partial charge in [0, 0.05) is 12.1 Å². The highest BCUT2D eigenvalue weighted by Gasteiger charge is 2.22. The standard InChI is InChI=1S/C20H20FNO6S/c1-25-14-8-19(27-3)16(20(9-14)28-4)10-15(11-22)29(23,24)12-13-5-6-18(26-2)17(21)7-13/h5-10H,12H2,1-4H3/b15-10+. The first-order chi connectivity index (χ1) is 13.8. The van der Waals surface area contributed by atoms with E-state index in [4.69, 9.17) is 18.9 Å². The zero-order valence-electron chi connectivity index (χ0n) is 16.4. The molecule has 2 aromatic carbocycles. The predicted molar refractivity (Wildman–Crippen MR) is 105 cm³/mol. The Morgan fingerprint density at radius 3 is 2.03 bits per heavy atom. The zero-order chi connectivity index (χ0) is 21.6. The van der Waals surface area contributed by atoms with Crippen molar-refractivity contribution in [1.82, 2.24) is 0 Å². The van der Waals surface area contributed by atoms with Gasteiger partial charge in [-0.05, 0) is 23.8 Å². The first kappa shape index (κ1) is 22.0. The Balaban J connectivity index is 2.51. The van der Waals surface area contributed by atoms with Gasteiger partial charge in [-0.25, -0.2) is 12.8 Å². The van der Waals surface area contributed by atoms with Crippen molar-refractivity contribution in [1.29, 1.82) is 5.26 Å². The molecule has 0 fully saturated rings. The van der Waals surface area contributed by atoms with Crippen LogP contribution in [0.2, 0.25) is 0 Å². The van der Waals surface area contributed by atoms with Gasteiger partial charge in [-0.1, -0.05) is 6.07 Å². The normalized spacial score (nSPS) is 11.5. The van der Waals surface area contributed by atoms with E-state index >= 15 is 0 Å². The molecule has 9 heteroatoms. The number of allylic oxidation sites excluding steroid dienone is 1. The summed E-state index contributed by atoms with van der Waals surface area (Å²) < 4.78 is 60.0. The molecule has 0 saturated carbocycles. The van der Waals surface area contributed by atoms with Crippen molar-refractivity contribution in [2.24, 2.45) is 0 Å². The van der Waals surface area contributed by atoms with E-state index in [2.05, 4.69) is 0 Å². The third-order valence-electron chi connectivity index (χ3n) is 4.05. The average Bonchev–Trinajstić information content (AvgIpc) is 2.71. The zero-order valence-corrected chi connectivity index (χ0v) is 17.2. The van der Waals surface area contributed by atoms with E-state index in [1.807, 2.05) is 0 Å². The van der Waals surface area contributed by atoms with Crippen molar-refractivity contribution in [3.8, 4) is 29.1 Å². The first-order valence-corrected chi connectivity index (χ1v) is 9.91. The van der Waals surface area contributed by atoms with Crippen LogP contribution in [-0.2, 0) is 15.6 Å². The SMILES string of the molecule is COc1cc(OC)c(/C=C(\C#N)S(=O)(=O)Cc2ccc(OC)c(F)c2)c(OC)c1. The minimum Gasteiger partial charge on any atom is -0.496 e. The van der Waals surface area contributed by atoms with Gasteiger partial charge in [0.2, 0.25) is 0 Å². The van der Waals surface area contributed by atoms with Crippen molar-refractivity contribution < 1.29 is 31.8 Å². The molecule has 7 nitrogen and oxygen atoms in total. The number of hydrogen-bond donors (Lipinski definition) is 0. The fraction of sp³-hybridized carbons (Fsp3) is 0.250. The number of benzene rings is 2. The number of halogens is 1. The maximum Gasteiger partial charge on any atom is 0.192 e. The van der Waals surface area contributed by atoms with Crippen LogP contribution < -0.4 is 18.9 Å². The minimum absolute atomic E-state index is 0.00472. The highest BCUT2D eigenvalue weighted by atomic mass is 32.2. The van der Waals surface area contributed by atoms with E-state index in [-0.39, 0.29) is 28.4 Å². The van der Waals surface area contributed by atoms with Gasteiger partial charge in [-0.3, -0.25) is 0 Å². The summed E-state index contributed by atoms with van der Waals surface area (Å²) in [4.78, 5) is -0.518. The van der Waals surface area contributed by atoms with Gasteiger partial charge in [0.1, 0.15) is 28.2 Å². The van der Waals surface area contributed by atoms with Crippen molar-refractivity contribution >= 4 is 15.9 Å². The Morgan fingerprint density at radius 2 is 1.59 bits per heavy atom. The summed E-state index contributed by atoms with van der Waals surface area (Å²) in [6, 6.07) is 8.56. The number of methoxy groups -OCH3 is 4. The van der Waals surface area contributed by atoms with Gasteiger partial charge in [-0.15, -0.1) is 0 Å². The molecule has 0 amide bonds. The molecule has 29 heavy (non-hydrogen) atoms. The van der Waals surface area contributed by atoms with Crippen LogP contribution in [0.4, 0.5) is 4.39 Å². The lowest BCUT2D eigenvalue weighted by atomic mass is 10.1. The predicted octanol–water partition coefficient (Wildman–Crippen LogP) is 3.34. The minimum atomic E-state index is -4.08. The maximum atomic E-state index is 13.9. The van der Waals surface area contributed by atoms with E-state index in [0.29, 0.717) is 5.75 Å². The Hall–Kier alpha value is -3.25. The molecule has 0 aromatic heterocycles. The second kappa shape index (κ2) is 9.30. The van der Waals surface area contributed by atoms with Crippen LogP contribution in [0.25, 0.3) is 6.08 Å². The molecule has 0 aliphatic heterocycles. The molecule has 0 spiro atoms. The molecule has 0 saturated heterocycles. The lowest BCUT2D eigenvalue weighted by molar-refractivity contribution is 0.374. The number of nitrogens with zero attached hydrogens (tertiary/aromatic N) is 1. The molecule has 0 heterocycles. The lowest BCUT2D eigenvalue weighted by Gasteiger charge is -2.13. The molecule has 154 valence electrons. The molecular formula is C20H20FNO6S. The summed E-state index contributed by atoms with van der Waals surface area (Å²) in [5.41, 5.74) is 0.440. The average molecular weight is 421 g/mol. The van der Waals surface area contributed by atoms with Crippen LogP contribution in [0.5, 0.6) is 23.0 Å². The lowest BCUT2D eigenvalue weighted by Crippen LogP contribution is -2.07. The van der Waals surface area contributed by atoms with Crippen molar-refractivity contribution in [3.63, 3.8) is 0 Å². The highest BCUT2D eigenvalue weighted by molar-refractivity contribution is 7.95. The van der Waals surface area contributed by atoms with Crippen molar-refractivity contribution in [2.75, 3.05) is 28.4 Å². The fourth-order valence-corrected chi connectivity index (χ4v) is 3.80. The van der Waals surface area contributed by atoms with E-state index in [1.54, 1.807) is 6.07 Å². The molecule has 0 radical (unpaired) electrons. The van der Waals surface area contributed by atoms with Gasteiger partial charge in [0.25, 0.3) is 0 Å². The molecular weight excluding hydrogens is 401 g/mol. The molecule has 0 aliphatic rings. The van der Waals surface area contributed by atoms with Crippen molar-refractivity contribution in [3.05, 3.63) is 52.2 Å². The van der Waals surface area contributed by atoms with Crippen LogP contribution >= 0.6 is 0 Å². The number of nitriles is 1. The van der Waals surface area contributed by atoms with E-state index in [0.717, 1.165) is 12.1 Å². The fourth-order valence-electron chi connectivity index (χ4n) is 2.59. The number of sulfone groups is 1. The number of hydrogen-bond acceptors (Lipinski definition) is 7. The van der Waals surface area contributed by atoms with Crippen LogP contribution in [-0.4, -0.2) is 36.9 Å². The first-order valence-electron chi connectivity index (χ1n) is 8.26. The Labute approximate surface area is 168 Å². The van der Waals surface area contributed by atoms with Gasteiger partial charge in [0.15, 0.2) is 21.4 Å². The molecule has 2 rings (SSSR count). The van der Waals surface area contributed by atoms with Crippen LogP contribution in [0.3, 0.4) is 0 Å². The largest absolute Gasteiger partial charge is 0.496 e. The van der Waals surface area contributed by atoms with E-state index < -0.39 is 26.3 Å². The van der Waals surface area contributed by atoms with Crippen LogP contribution in [0.1, 0.15) is 11.1 Å². The van der Waals surface area contributed by atoms with Crippen LogP contribution in [0, 0.1) is 17.1 Å². The van der Waals surface area contributed by atoms with Gasteiger partial charge >= 0.3 is 0 Å². The summed E-state index contributed by atoms with van der Waals surface area (Å²) >= 11 is 0. The third kappa shape index (κ3) is 4.97. The molecule has 0 aliphatic carbocycles. The summed E-state index contributed by atoms with van der Waals surface area (Å²) in [6.07, 6.45) is 1.16. The summed E-state index contributed by atoms with van der Waals surface area (Å²) in [5.74, 6) is -0.296. The molecule has 0 atom stereocenters. The van der Waals surface area contributed by atoms with E-state index in [9.17, 15) is 18.1 Å². The summed E-state index contributed by atoms with van der Waals surface area (Å²) in [6.45, 7) is 0. The smallest absolute Gasteiger partial charge is 0.192 e. The monoisotopic (exact) mass is 421 g/mol. The van der Waals surface area contributed by atoms with E-state index in [1.165, 1.54) is 52.7 Å². The number of rotatable bonds is 8. The van der Waals surface area contributed by atoms with Crippen LogP contribution in [0.15, 0.2) is 35.2 Å². The Kier molecular flexibility index (Phi) is 7.07. The second-order valence-electron chi connectivity index (χ2n) is 5.79. The Morgan fingerprint density at radius 1 is 1.00 bits per heavy atom. The third-order valence-corrected chi connectivity index (χ3v) is 5.64. The molecule has 0 bridgehead atoms. The highest BCUT2D eigenvalue weighted by Crippen LogP contribution is 2.36. The summed E-state index contributed by atoms with van der Waals surface area (Å²) in [7, 11) is 1.48. The van der Waals surface area contributed by atoms with Gasteiger partial charge in [-0.2, -0.15) is 5.26 Å². The topological polar surface area (TPSA) is 94.9 Å². The molecule has 2 aromatic rings. The number of ether oxygens (including phenoxy) is 4. The summed E-state index contributed by atoms with van der Waals surface area (Å²) in [5, 5.41) is 9.47. The van der Waals surface area contributed by atoms with Crippen molar-refractivity contribution in [2.45, 2.75) is 5.75 Å². The van der Waals surface area contributed by atoms with Gasteiger partial charge in [0.05, 0.1) is 39.8 Å². The maximum absolute atomic E-state index is 13.9. The molecule has 0 N–H and O–H groups in total. The van der Waals surface area contributed by atoms with Gasteiger partial charge < -0.3 is 18.9 Å². The second-order valence-corrected chi connectivity index (χ2v) is 7.75. The Bertz CT molecular complexity index is 1050. The molecule has 0 unspecified atom stereocenters.